The number of aryl methyl sites for hydroxylation is 2. The molecule has 0 saturated carbocycles. The SMILES string of the molecule is Cc1cccc(-n2c(=O)c3cc(C)ccc3n(CC(=O)N[C@@H](C)c3ccccc3)c2=O)c1. The highest BCUT2D eigenvalue weighted by molar-refractivity contribution is 5.82. The summed E-state index contributed by atoms with van der Waals surface area (Å²) in [4.78, 5) is 39.6. The van der Waals surface area contributed by atoms with Crippen molar-refractivity contribution in [2.24, 2.45) is 0 Å². The Bertz CT molecular complexity index is 1420. The van der Waals surface area contributed by atoms with Gasteiger partial charge in [0.1, 0.15) is 6.54 Å². The fourth-order valence-corrected chi connectivity index (χ4v) is 3.89. The molecule has 0 aliphatic heterocycles. The quantitative estimate of drug-likeness (QED) is 0.528. The zero-order chi connectivity index (χ0) is 22.8. The van der Waals surface area contributed by atoms with Gasteiger partial charge in [-0.15, -0.1) is 0 Å². The molecule has 0 fully saturated rings. The van der Waals surface area contributed by atoms with Crippen molar-refractivity contribution in [2.45, 2.75) is 33.4 Å². The first-order chi connectivity index (χ1) is 15.3. The summed E-state index contributed by atoms with van der Waals surface area (Å²) in [5.41, 5.74) is 2.79. The number of nitrogens with one attached hydrogen (secondary N) is 1. The van der Waals surface area contributed by atoms with E-state index in [-0.39, 0.29) is 18.5 Å². The third kappa shape index (κ3) is 4.12. The van der Waals surface area contributed by atoms with Crippen molar-refractivity contribution in [1.82, 2.24) is 14.5 Å². The normalized spacial score (nSPS) is 12.0. The van der Waals surface area contributed by atoms with Crippen LogP contribution in [0.3, 0.4) is 0 Å². The molecule has 0 aliphatic carbocycles. The molecule has 1 aromatic heterocycles. The summed E-state index contributed by atoms with van der Waals surface area (Å²) in [7, 11) is 0. The van der Waals surface area contributed by atoms with E-state index in [0.29, 0.717) is 16.6 Å². The van der Waals surface area contributed by atoms with Crippen LogP contribution in [0.5, 0.6) is 0 Å². The van der Waals surface area contributed by atoms with Crippen molar-refractivity contribution in [2.75, 3.05) is 0 Å². The molecule has 4 aromatic rings. The molecule has 32 heavy (non-hydrogen) atoms. The molecule has 0 aliphatic rings. The number of rotatable bonds is 5. The maximum absolute atomic E-state index is 13.4. The maximum atomic E-state index is 13.4. The highest BCUT2D eigenvalue weighted by atomic mass is 16.2. The molecule has 162 valence electrons. The number of benzene rings is 3. The molecule has 0 radical (unpaired) electrons. The number of carbonyl (C=O) groups excluding carboxylic acids is 1. The van der Waals surface area contributed by atoms with Crippen LogP contribution in [0.2, 0.25) is 0 Å². The summed E-state index contributed by atoms with van der Waals surface area (Å²) in [6, 6.07) is 21.9. The lowest BCUT2D eigenvalue weighted by Gasteiger charge is -2.17. The van der Waals surface area contributed by atoms with Crippen LogP contribution >= 0.6 is 0 Å². The number of carbonyl (C=O) groups is 1. The monoisotopic (exact) mass is 427 g/mol. The van der Waals surface area contributed by atoms with Crippen molar-refractivity contribution >= 4 is 16.8 Å². The van der Waals surface area contributed by atoms with E-state index in [1.807, 2.05) is 63.2 Å². The highest BCUT2D eigenvalue weighted by Crippen LogP contribution is 2.15. The predicted octanol–water partition coefficient (Wildman–Crippen LogP) is 3.65. The lowest BCUT2D eigenvalue weighted by molar-refractivity contribution is -0.122. The van der Waals surface area contributed by atoms with Gasteiger partial charge in [-0.25, -0.2) is 9.36 Å². The van der Waals surface area contributed by atoms with E-state index >= 15 is 0 Å². The van der Waals surface area contributed by atoms with E-state index in [1.165, 1.54) is 4.57 Å². The summed E-state index contributed by atoms with van der Waals surface area (Å²) >= 11 is 0. The molecule has 3 aromatic carbocycles. The lowest BCUT2D eigenvalue weighted by Crippen LogP contribution is -2.42. The molecule has 1 N–H and O–H groups in total. The van der Waals surface area contributed by atoms with Gasteiger partial charge in [0.15, 0.2) is 0 Å². The zero-order valence-corrected chi connectivity index (χ0v) is 18.3. The van der Waals surface area contributed by atoms with Crippen LogP contribution in [0, 0.1) is 13.8 Å². The third-order valence-electron chi connectivity index (χ3n) is 5.54. The van der Waals surface area contributed by atoms with Gasteiger partial charge in [-0.2, -0.15) is 0 Å². The summed E-state index contributed by atoms with van der Waals surface area (Å²) < 4.78 is 2.51. The van der Waals surface area contributed by atoms with Crippen LogP contribution in [0.1, 0.15) is 29.7 Å². The van der Waals surface area contributed by atoms with Crippen molar-refractivity contribution < 1.29 is 4.79 Å². The molecule has 0 spiro atoms. The number of hydrogen-bond donors (Lipinski definition) is 1. The van der Waals surface area contributed by atoms with E-state index in [1.54, 1.807) is 30.3 Å². The number of aromatic nitrogens is 2. The average Bonchev–Trinajstić information content (AvgIpc) is 2.77. The fraction of sp³-hybridized carbons (Fsp3) is 0.192. The fourth-order valence-electron chi connectivity index (χ4n) is 3.89. The van der Waals surface area contributed by atoms with E-state index < -0.39 is 11.2 Å². The van der Waals surface area contributed by atoms with Gasteiger partial charge in [0.2, 0.25) is 5.91 Å². The third-order valence-corrected chi connectivity index (χ3v) is 5.54. The van der Waals surface area contributed by atoms with Crippen molar-refractivity contribution in [3.8, 4) is 5.69 Å². The average molecular weight is 428 g/mol. The number of nitrogens with zero attached hydrogens (tertiary/aromatic N) is 2. The number of hydrogen-bond acceptors (Lipinski definition) is 3. The lowest BCUT2D eigenvalue weighted by atomic mass is 10.1. The summed E-state index contributed by atoms with van der Waals surface area (Å²) in [5.74, 6) is -0.306. The Morgan fingerprint density at radius 2 is 1.62 bits per heavy atom. The predicted molar refractivity (Wildman–Crippen MR) is 126 cm³/mol. The van der Waals surface area contributed by atoms with Gasteiger partial charge in [-0.05, 0) is 56.2 Å². The van der Waals surface area contributed by atoms with Crippen LogP contribution in [-0.4, -0.2) is 15.0 Å². The first-order valence-electron chi connectivity index (χ1n) is 10.5. The second kappa shape index (κ2) is 8.67. The first kappa shape index (κ1) is 21.3. The molecule has 6 heteroatoms. The number of amides is 1. The molecule has 1 atom stereocenters. The molecule has 0 saturated heterocycles. The van der Waals surface area contributed by atoms with Gasteiger partial charge in [-0.1, -0.05) is 54.1 Å². The minimum absolute atomic E-state index is 0.193. The highest BCUT2D eigenvalue weighted by Gasteiger charge is 2.18. The minimum Gasteiger partial charge on any atom is -0.348 e. The summed E-state index contributed by atoms with van der Waals surface area (Å²) in [6.45, 7) is 5.49. The Morgan fingerprint density at radius 3 is 2.34 bits per heavy atom. The van der Waals surface area contributed by atoms with Crippen LogP contribution in [0.25, 0.3) is 16.6 Å². The van der Waals surface area contributed by atoms with Crippen LogP contribution in [0.15, 0.2) is 82.4 Å². The largest absolute Gasteiger partial charge is 0.348 e. The molecule has 6 nitrogen and oxygen atoms in total. The second-order valence-corrected chi connectivity index (χ2v) is 8.07. The smallest absolute Gasteiger partial charge is 0.336 e. The van der Waals surface area contributed by atoms with Gasteiger partial charge >= 0.3 is 5.69 Å². The number of fused-ring (bicyclic) bond motifs is 1. The standard InChI is InChI=1S/C26H25N3O3/c1-17-8-7-11-21(14-17)29-25(31)22-15-18(2)12-13-23(22)28(26(29)32)16-24(30)27-19(3)20-9-5-4-6-10-20/h4-15,19H,16H2,1-3H3,(H,27,30)/t19-/m0/s1. The molecule has 1 heterocycles. The van der Waals surface area contributed by atoms with Crippen molar-refractivity contribution in [3.63, 3.8) is 0 Å². The molecule has 4 rings (SSSR count). The Hall–Kier alpha value is -3.93. The molecule has 0 bridgehead atoms. The Kier molecular flexibility index (Phi) is 5.77. The van der Waals surface area contributed by atoms with Gasteiger partial charge < -0.3 is 5.32 Å². The molecular formula is C26H25N3O3. The topological polar surface area (TPSA) is 73.1 Å². The van der Waals surface area contributed by atoms with Gasteiger partial charge in [-0.3, -0.25) is 14.2 Å². The Morgan fingerprint density at radius 1 is 0.906 bits per heavy atom. The van der Waals surface area contributed by atoms with Crippen LogP contribution in [0.4, 0.5) is 0 Å². The summed E-state index contributed by atoms with van der Waals surface area (Å²) in [5, 5.41) is 3.34. The van der Waals surface area contributed by atoms with Crippen molar-refractivity contribution in [3.05, 3.63) is 110 Å². The van der Waals surface area contributed by atoms with Gasteiger partial charge in [0, 0.05) is 0 Å². The molecule has 0 unspecified atom stereocenters. The van der Waals surface area contributed by atoms with E-state index in [4.69, 9.17) is 0 Å². The van der Waals surface area contributed by atoms with Crippen LogP contribution < -0.4 is 16.6 Å². The van der Waals surface area contributed by atoms with Crippen LogP contribution in [-0.2, 0) is 11.3 Å². The van der Waals surface area contributed by atoms with E-state index in [9.17, 15) is 14.4 Å². The Balaban J connectivity index is 1.81. The van der Waals surface area contributed by atoms with Crippen molar-refractivity contribution in [1.29, 1.82) is 0 Å². The summed E-state index contributed by atoms with van der Waals surface area (Å²) in [6.07, 6.45) is 0. The maximum Gasteiger partial charge on any atom is 0.336 e. The second-order valence-electron chi connectivity index (χ2n) is 8.07. The Labute approximate surface area is 185 Å². The van der Waals surface area contributed by atoms with Gasteiger partial charge in [0.05, 0.1) is 22.6 Å². The van der Waals surface area contributed by atoms with Gasteiger partial charge in [0.25, 0.3) is 5.56 Å². The zero-order valence-electron chi connectivity index (χ0n) is 18.3. The molecular weight excluding hydrogens is 402 g/mol. The van der Waals surface area contributed by atoms with E-state index in [0.717, 1.165) is 21.3 Å². The first-order valence-corrected chi connectivity index (χ1v) is 10.5. The molecule has 1 amide bonds. The van der Waals surface area contributed by atoms with E-state index in [2.05, 4.69) is 5.32 Å². The minimum atomic E-state index is -0.542.